The van der Waals surface area contributed by atoms with E-state index < -0.39 is 5.91 Å². The quantitative estimate of drug-likeness (QED) is 0.687. The van der Waals surface area contributed by atoms with E-state index in [1.807, 2.05) is 38.4 Å². The van der Waals surface area contributed by atoms with Crippen molar-refractivity contribution < 1.29 is 4.79 Å². The number of anilines is 3. The molecule has 2 aromatic carbocycles. The van der Waals surface area contributed by atoms with Gasteiger partial charge in [-0.05, 0) is 36.8 Å². The first-order valence-corrected chi connectivity index (χ1v) is 11.0. The van der Waals surface area contributed by atoms with E-state index in [4.69, 9.17) is 5.73 Å². The fraction of sp³-hybridized carbons (Fsp3) is 0.360. The Morgan fingerprint density at radius 3 is 2.31 bits per heavy atom. The molecule has 1 aromatic heterocycles. The molecule has 7 heteroatoms. The van der Waals surface area contributed by atoms with Crippen LogP contribution in [0, 0.1) is 5.41 Å². The van der Waals surface area contributed by atoms with Crippen LogP contribution in [0.3, 0.4) is 0 Å². The van der Waals surface area contributed by atoms with Crippen molar-refractivity contribution in [2.45, 2.75) is 6.42 Å². The van der Waals surface area contributed by atoms with Crippen LogP contribution in [0.25, 0.3) is 10.9 Å². The summed E-state index contributed by atoms with van der Waals surface area (Å²) in [6, 6.07) is 16.4. The number of aromatic nitrogens is 1. The van der Waals surface area contributed by atoms with Gasteiger partial charge in [-0.15, -0.1) is 0 Å². The molecule has 0 unspecified atom stereocenters. The molecule has 1 spiro atoms. The third-order valence-electron chi connectivity index (χ3n) is 7.06. The molecule has 0 bridgehead atoms. The molecule has 2 N–H and O–H groups in total. The second-order valence-corrected chi connectivity index (χ2v) is 9.41. The van der Waals surface area contributed by atoms with Gasteiger partial charge in [0.2, 0.25) is 0 Å². The number of rotatable bonds is 4. The summed E-state index contributed by atoms with van der Waals surface area (Å²) in [7, 11) is 5.78. The van der Waals surface area contributed by atoms with Gasteiger partial charge >= 0.3 is 0 Å². The average Bonchev–Trinajstić information content (AvgIpc) is 3.20. The maximum absolute atomic E-state index is 13.0. The SMILES string of the molecule is CN(C)c1ccc(N2CC3(CCN(c4c(C(N)=O)c(=O)n(C)c5ccccc45)C3)C2)cc1. The fourth-order valence-electron chi connectivity index (χ4n) is 5.32. The summed E-state index contributed by atoms with van der Waals surface area (Å²) in [5, 5.41) is 0.899. The molecule has 0 aliphatic carbocycles. The monoisotopic (exact) mass is 431 g/mol. The van der Waals surface area contributed by atoms with Gasteiger partial charge in [-0.1, -0.05) is 18.2 Å². The number of carbonyl (C=O) groups is 1. The van der Waals surface area contributed by atoms with Crippen molar-refractivity contribution in [3.05, 3.63) is 64.4 Å². The molecule has 7 nitrogen and oxygen atoms in total. The summed E-state index contributed by atoms with van der Waals surface area (Å²) in [6.07, 6.45) is 1.03. The van der Waals surface area contributed by atoms with Crippen molar-refractivity contribution in [3.63, 3.8) is 0 Å². The third-order valence-corrected chi connectivity index (χ3v) is 7.06. The number of amides is 1. The number of fused-ring (bicyclic) bond motifs is 1. The lowest BCUT2D eigenvalue weighted by Gasteiger charge is -2.49. The average molecular weight is 432 g/mol. The van der Waals surface area contributed by atoms with Crippen LogP contribution < -0.4 is 26.0 Å². The highest BCUT2D eigenvalue weighted by Crippen LogP contribution is 2.44. The molecule has 2 aliphatic heterocycles. The van der Waals surface area contributed by atoms with Crippen LogP contribution in [0.4, 0.5) is 17.1 Å². The van der Waals surface area contributed by atoms with E-state index in [0.717, 1.165) is 43.5 Å². The standard InChI is InChI=1S/C25H29N5O2/c1-27(2)17-8-10-18(11-9-17)30-15-25(16-30)12-13-29(14-25)22-19-6-4-5-7-20(19)28(3)24(32)21(22)23(26)31/h4-11H,12-16H2,1-3H3,(H2,26,31). The Hall–Kier alpha value is -3.48. The van der Waals surface area contributed by atoms with Gasteiger partial charge in [0.05, 0.1) is 11.2 Å². The Balaban J connectivity index is 1.43. The lowest BCUT2D eigenvalue weighted by atomic mass is 9.78. The molecule has 0 atom stereocenters. The summed E-state index contributed by atoms with van der Waals surface area (Å²) in [5.74, 6) is -0.663. The highest BCUT2D eigenvalue weighted by atomic mass is 16.2. The van der Waals surface area contributed by atoms with Gasteiger partial charge in [0.25, 0.3) is 11.5 Å². The van der Waals surface area contributed by atoms with Gasteiger partial charge < -0.3 is 25.0 Å². The number of nitrogens with two attached hydrogens (primary N) is 1. The Morgan fingerprint density at radius 1 is 1.00 bits per heavy atom. The lowest BCUT2D eigenvalue weighted by molar-refractivity contribution is 0.0999. The first-order chi connectivity index (χ1) is 15.3. The highest BCUT2D eigenvalue weighted by molar-refractivity contribution is 6.07. The van der Waals surface area contributed by atoms with Crippen molar-refractivity contribution >= 4 is 33.9 Å². The van der Waals surface area contributed by atoms with Crippen molar-refractivity contribution in [2.24, 2.45) is 18.2 Å². The number of aryl methyl sites for hydroxylation is 1. The number of carbonyl (C=O) groups excluding carboxylic acids is 1. The van der Waals surface area contributed by atoms with E-state index in [-0.39, 0.29) is 16.5 Å². The number of nitrogens with zero attached hydrogens (tertiary/aromatic N) is 4. The Morgan fingerprint density at radius 2 is 1.66 bits per heavy atom. The molecule has 2 saturated heterocycles. The summed E-state index contributed by atoms with van der Waals surface area (Å²) < 4.78 is 1.52. The Labute approximate surface area is 187 Å². The minimum absolute atomic E-state index is 0.0960. The largest absolute Gasteiger partial charge is 0.378 e. The summed E-state index contributed by atoms with van der Waals surface area (Å²) in [6.45, 7) is 3.57. The molecule has 3 heterocycles. The molecule has 166 valence electrons. The minimum Gasteiger partial charge on any atom is -0.378 e. The molecule has 0 saturated carbocycles. The zero-order valence-electron chi connectivity index (χ0n) is 18.8. The molecule has 1 amide bonds. The molecule has 32 heavy (non-hydrogen) atoms. The van der Waals surface area contributed by atoms with Crippen LogP contribution in [0.1, 0.15) is 16.8 Å². The molecule has 2 aliphatic rings. The van der Waals surface area contributed by atoms with Crippen LogP contribution in [-0.4, -0.2) is 50.7 Å². The zero-order valence-corrected chi connectivity index (χ0v) is 18.8. The second-order valence-electron chi connectivity index (χ2n) is 9.41. The third kappa shape index (κ3) is 3.11. The zero-order chi connectivity index (χ0) is 22.6. The first kappa shape index (κ1) is 20.4. The smallest absolute Gasteiger partial charge is 0.265 e. The Bertz CT molecular complexity index is 1260. The topological polar surface area (TPSA) is 74.8 Å². The normalized spacial score (nSPS) is 17.1. The fourth-order valence-corrected chi connectivity index (χ4v) is 5.32. The number of hydrogen-bond donors (Lipinski definition) is 1. The predicted molar refractivity (Wildman–Crippen MR) is 130 cm³/mol. The summed E-state index contributed by atoms with van der Waals surface area (Å²) >= 11 is 0. The summed E-state index contributed by atoms with van der Waals surface area (Å²) in [4.78, 5) is 32.0. The van der Waals surface area contributed by atoms with Crippen LogP contribution in [0.5, 0.6) is 0 Å². The number of benzene rings is 2. The van der Waals surface area contributed by atoms with Crippen LogP contribution in [-0.2, 0) is 7.05 Å². The highest BCUT2D eigenvalue weighted by Gasteiger charge is 2.48. The van der Waals surface area contributed by atoms with E-state index in [1.165, 1.54) is 15.9 Å². The molecule has 3 aromatic rings. The number of primary amides is 1. The van der Waals surface area contributed by atoms with Crippen molar-refractivity contribution in [2.75, 3.05) is 55.0 Å². The Kier molecular flexibility index (Phi) is 4.65. The van der Waals surface area contributed by atoms with Gasteiger partial charge in [-0.3, -0.25) is 9.59 Å². The van der Waals surface area contributed by atoms with Gasteiger partial charge in [-0.2, -0.15) is 0 Å². The molecular formula is C25H29N5O2. The van der Waals surface area contributed by atoms with Crippen molar-refractivity contribution in [3.8, 4) is 0 Å². The van der Waals surface area contributed by atoms with Gasteiger partial charge in [0.15, 0.2) is 0 Å². The van der Waals surface area contributed by atoms with Gasteiger partial charge in [0, 0.05) is 69.5 Å². The first-order valence-electron chi connectivity index (χ1n) is 11.0. The van der Waals surface area contributed by atoms with E-state index >= 15 is 0 Å². The van der Waals surface area contributed by atoms with E-state index in [1.54, 1.807) is 7.05 Å². The molecule has 5 rings (SSSR count). The second kappa shape index (κ2) is 7.29. The maximum Gasteiger partial charge on any atom is 0.265 e. The maximum atomic E-state index is 13.0. The predicted octanol–water partition coefficient (Wildman–Crippen LogP) is 2.42. The van der Waals surface area contributed by atoms with Crippen molar-refractivity contribution in [1.29, 1.82) is 0 Å². The number of pyridine rings is 1. The minimum atomic E-state index is -0.663. The van der Waals surface area contributed by atoms with Crippen molar-refractivity contribution in [1.82, 2.24) is 4.57 Å². The van der Waals surface area contributed by atoms with Crippen LogP contribution in [0.15, 0.2) is 53.3 Å². The molecule has 0 radical (unpaired) electrons. The van der Waals surface area contributed by atoms with Gasteiger partial charge in [0.1, 0.15) is 5.56 Å². The summed E-state index contributed by atoms with van der Waals surface area (Å²) in [5.41, 5.74) is 9.56. The van der Waals surface area contributed by atoms with E-state index in [9.17, 15) is 9.59 Å². The van der Waals surface area contributed by atoms with E-state index in [2.05, 4.69) is 39.0 Å². The van der Waals surface area contributed by atoms with Crippen LogP contribution in [0.2, 0.25) is 0 Å². The molecular weight excluding hydrogens is 402 g/mol. The van der Waals surface area contributed by atoms with Gasteiger partial charge in [-0.25, -0.2) is 0 Å². The number of para-hydroxylation sites is 1. The molecule has 2 fully saturated rings. The lowest BCUT2D eigenvalue weighted by Crippen LogP contribution is -2.57. The van der Waals surface area contributed by atoms with E-state index in [0.29, 0.717) is 5.69 Å². The van der Waals surface area contributed by atoms with Crippen LogP contribution >= 0.6 is 0 Å². The number of hydrogen-bond acceptors (Lipinski definition) is 5.